The van der Waals surface area contributed by atoms with Crippen molar-refractivity contribution in [2.75, 3.05) is 20.2 Å². The molecule has 6 heteroatoms. The van der Waals surface area contributed by atoms with Crippen LogP contribution in [0, 0.1) is 23.7 Å². The Bertz CT molecular complexity index is 476. The Kier molecular flexibility index (Phi) is 4.43. The van der Waals surface area contributed by atoms with Crippen LogP contribution in [-0.2, 0) is 24.0 Å². The van der Waals surface area contributed by atoms with E-state index in [0.29, 0.717) is 24.4 Å². The number of fused-ring (bicyclic) bond motifs is 2. The van der Waals surface area contributed by atoms with E-state index in [2.05, 4.69) is 19.2 Å². The molecule has 8 atom stereocenters. The van der Waals surface area contributed by atoms with Gasteiger partial charge in [0.1, 0.15) is 0 Å². The quantitative estimate of drug-likeness (QED) is 0.626. The first kappa shape index (κ1) is 17.2. The fourth-order valence-electron chi connectivity index (χ4n) is 5.34. The molecule has 2 bridgehead atoms. The van der Waals surface area contributed by atoms with Crippen molar-refractivity contribution < 1.29 is 24.0 Å². The van der Waals surface area contributed by atoms with Gasteiger partial charge in [-0.05, 0) is 45.1 Å². The van der Waals surface area contributed by atoms with E-state index in [1.807, 2.05) is 14.0 Å². The number of ether oxygens (including phenoxy) is 3. The average molecular weight is 341 g/mol. The van der Waals surface area contributed by atoms with Gasteiger partial charge in [-0.1, -0.05) is 13.8 Å². The molecule has 138 valence electrons. The van der Waals surface area contributed by atoms with Gasteiger partial charge in [-0.15, -0.1) is 0 Å². The van der Waals surface area contributed by atoms with E-state index in [9.17, 15) is 0 Å². The summed E-state index contributed by atoms with van der Waals surface area (Å²) in [7, 11) is 1.93. The number of hydrogen-bond acceptors (Lipinski definition) is 6. The summed E-state index contributed by atoms with van der Waals surface area (Å²) >= 11 is 0. The molecule has 4 heterocycles. The molecular weight excluding hydrogens is 310 g/mol. The van der Waals surface area contributed by atoms with Crippen molar-refractivity contribution in [2.24, 2.45) is 23.7 Å². The predicted molar refractivity (Wildman–Crippen MR) is 86.7 cm³/mol. The summed E-state index contributed by atoms with van der Waals surface area (Å²) in [6.45, 7) is 7.94. The summed E-state index contributed by atoms with van der Waals surface area (Å²) in [6.07, 6.45) is 3.57. The van der Waals surface area contributed by atoms with Gasteiger partial charge in [0.05, 0.1) is 6.61 Å². The summed E-state index contributed by atoms with van der Waals surface area (Å²) in [4.78, 5) is 11.9. The van der Waals surface area contributed by atoms with Gasteiger partial charge >= 0.3 is 0 Å². The molecule has 5 rings (SSSR count). The van der Waals surface area contributed by atoms with Gasteiger partial charge in [-0.3, -0.25) is 0 Å². The lowest BCUT2D eigenvalue weighted by Crippen LogP contribution is -2.70. The topological polar surface area (TPSA) is 58.2 Å². The molecule has 0 radical (unpaired) electrons. The number of rotatable bonds is 4. The lowest BCUT2D eigenvalue weighted by atomic mass is 9.58. The Hall–Kier alpha value is -0.240. The Labute approximate surface area is 144 Å². The first-order valence-corrected chi connectivity index (χ1v) is 9.46. The summed E-state index contributed by atoms with van der Waals surface area (Å²) in [6, 6.07) is 0. The lowest BCUT2D eigenvalue weighted by molar-refractivity contribution is -0.577. The molecule has 6 nitrogen and oxygen atoms in total. The van der Waals surface area contributed by atoms with Crippen LogP contribution in [0.3, 0.4) is 0 Å². The monoisotopic (exact) mass is 341 g/mol. The zero-order valence-electron chi connectivity index (χ0n) is 15.2. The van der Waals surface area contributed by atoms with Crippen LogP contribution < -0.4 is 5.32 Å². The van der Waals surface area contributed by atoms with Crippen LogP contribution in [0.5, 0.6) is 0 Å². The van der Waals surface area contributed by atoms with E-state index >= 15 is 0 Å². The minimum atomic E-state index is -0.715. The van der Waals surface area contributed by atoms with Crippen molar-refractivity contribution in [1.29, 1.82) is 0 Å². The van der Waals surface area contributed by atoms with E-state index in [0.717, 1.165) is 25.8 Å². The molecule has 4 aliphatic heterocycles. The molecule has 0 amide bonds. The van der Waals surface area contributed by atoms with Crippen molar-refractivity contribution in [3.63, 3.8) is 0 Å². The van der Waals surface area contributed by atoms with Crippen LogP contribution in [0.2, 0.25) is 0 Å². The van der Waals surface area contributed by atoms with E-state index in [4.69, 9.17) is 24.0 Å². The van der Waals surface area contributed by atoms with Crippen molar-refractivity contribution in [3.05, 3.63) is 0 Å². The highest BCUT2D eigenvalue weighted by molar-refractivity contribution is 5.09. The second-order valence-corrected chi connectivity index (χ2v) is 8.25. The fraction of sp³-hybridized carbons (Fsp3) is 1.00. The molecule has 0 aromatic carbocycles. The Morgan fingerprint density at radius 1 is 1.12 bits per heavy atom. The molecule has 1 spiro atoms. The van der Waals surface area contributed by atoms with Gasteiger partial charge < -0.3 is 19.5 Å². The van der Waals surface area contributed by atoms with Crippen molar-refractivity contribution in [3.8, 4) is 0 Å². The second-order valence-electron chi connectivity index (χ2n) is 8.25. The summed E-state index contributed by atoms with van der Waals surface area (Å²) in [5.41, 5.74) is -0.490. The molecule has 1 saturated carbocycles. The smallest absolute Gasteiger partial charge is 0.201 e. The van der Waals surface area contributed by atoms with Crippen LogP contribution in [0.4, 0.5) is 0 Å². The van der Waals surface area contributed by atoms with E-state index in [-0.39, 0.29) is 12.2 Å². The SMILES string of the molecule is CNCCO[C@H]1O[C@@H]2O[C@@]3(C)CC[C@H]4[C@H](C)CC[C@@H]([C@H]1C)[C@@]24OO3. The largest absolute Gasteiger partial charge is 0.351 e. The van der Waals surface area contributed by atoms with Gasteiger partial charge in [0.2, 0.25) is 5.79 Å². The van der Waals surface area contributed by atoms with Crippen LogP contribution in [-0.4, -0.2) is 44.2 Å². The molecule has 0 aromatic rings. The number of hydrogen-bond donors (Lipinski definition) is 1. The zero-order valence-corrected chi connectivity index (χ0v) is 15.2. The van der Waals surface area contributed by atoms with Gasteiger partial charge in [-0.2, -0.15) is 0 Å². The Morgan fingerprint density at radius 3 is 2.75 bits per heavy atom. The van der Waals surface area contributed by atoms with Crippen LogP contribution in [0.15, 0.2) is 0 Å². The molecule has 4 saturated heterocycles. The molecule has 1 aliphatic carbocycles. The number of nitrogens with one attached hydrogen (secondary N) is 1. The molecule has 5 fully saturated rings. The third kappa shape index (κ3) is 2.46. The van der Waals surface area contributed by atoms with E-state index in [1.165, 1.54) is 6.42 Å². The standard InChI is InChI=1S/C18H31NO5/c1-11-5-6-14-12(2)15(20-10-9-19-4)21-16-18(14)13(11)7-8-17(3,22-16)23-24-18/h11-16,19H,5-10H2,1-4H3/t11-,12-,13+,14+,15+,16-,17-,18-/m1/s1. The maximum Gasteiger partial charge on any atom is 0.201 e. The first-order chi connectivity index (χ1) is 11.5. The fourth-order valence-corrected chi connectivity index (χ4v) is 5.34. The lowest BCUT2D eigenvalue weighted by Gasteiger charge is -2.60. The third-order valence-electron chi connectivity index (χ3n) is 6.73. The molecular formula is C18H31NO5. The summed E-state index contributed by atoms with van der Waals surface area (Å²) < 4.78 is 18.6. The van der Waals surface area contributed by atoms with Crippen molar-refractivity contribution in [2.45, 2.75) is 70.4 Å². The van der Waals surface area contributed by atoms with Crippen LogP contribution in [0.1, 0.15) is 46.5 Å². The van der Waals surface area contributed by atoms with Gasteiger partial charge in [0, 0.05) is 24.8 Å². The van der Waals surface area contributed by atoms with Crippen LogP contribution in [0.25, 0.3) is 0 Å². The van der Waals surface area contributed by atoms with Crippen LogP contribution >= 0.6 is 0 Å². The van der Waals surface area contributed by atoms with E-state index in [1.54, 1.807) is 0 Å². The predicted octanol–water partition coefficient (Wildman–Crippen LogP) is 2.43. The molecule has 24 heavy (non-hydrogen) atoms. The summed E-state index contributed by atoms with van der Waals surface area (Å²) in [5.74, 6) is 0.871. The minimum absolute atomic E-state index is 0.250. The van der Waals surface area contributed by atoms with Gasteiger partial charge in [-0.25, -0.2) is 9.78 Å². The normalized spacial score (nSPS) is 53.5. The zero-order chi connectivity index (χ0) is 16.9. The highest BCUT2D eigenvalue weighted by atomic mass is 17.3. The van der Waals surface area contributed by atoms with Gasteiger partial charge in [0.25, 0.3) is 0 Å². The maximum absolute atomic E-state index is 6.33. The molecule has 0 unspecified atom stereocenters. The second kappa shape index (κ2) is 6.18. The first-order valence-electron chi connectivity index (χ1n) is 9.46. The molecule has 5 aliphatic rings. The van der Waals surface area contributed by atoms with E-state index < -0.39 is 17.7 Å². The highest BCUT2D eigenvalue weighted by Crippen LogP contribution is 2.60. The maximum atomic E-state index is 6.33. The molecule has 1 N–H and O–H groups in total. The van der Waals surface area contributed by atoms with Gasteiger partial charge in [0.15, 0.2) is 18.2 Å². The number of likely N-dealkylation sites (N-methyl/N-ethyl adjacent to an activating group) is 1. The molecule has 0 aromatic heterocycles. The van der Waals surface area contributed by atoms with Crippen molar-refractivity contribution in [1.82, 2.24) is 5.32 Å². The average Bonchev–Trinajstić information content (AvgIpc) is 2.78. The van der Waals surface area contributed by atoms with Crippen molar-refractivity contribution >= 4 is 0 Å². The Morgan fingerprint density at radius 2 is 1.96 bits per heavy atom. The highest BCUT2D eigenvalue weighted by Gasteiger charge is 2.69. The summed E-state index contributed by atoms with van der Waals surface area (Å²) in [5, 5.41) is 3.11. The Balaban J connectivity index is 1.64. The minimum Gasteiger partial charge on any atom is -0.351 e. The third-order valence-corrected chi connectivity index (χ3v) is 6.73.